The third kappa shape index (κ3) is 5.26. The molecule has 0 aliphatic carbocycles. The molecule has 1 atom stereocenters. The largest absolute Gasteiger partial charge is 0.461 e. The SMILES string of the molecule is CC(=O)OCC1=C(C(=O)OC(c2ccccc2)c2ccccc2)N2C(=O)/C(=C\c3ccccc3)[C@H]2S(=O)(=O)C1. The van der Waals surface area contributed by atoms with Crippen LogP contribution in [0.4, 0.5) is 0 Å². The average molecular weight is 544 g/mol. The molecule has 9 heteroatoms. The molecule has 0 N–H and O–H groups in total. The summed E-state index contributed by atoms with van der Waals surface area (Å²) >= 11 is 0. The van der Waals surface area contributed by atoms with Crippen LogP contribution in [0.15, 0.2) is 108 Å². The number of rotatable bonds is 7. The Kier molecular flexibility index (Phi) is 7.17. The molecule has 2 heterocycles. The van der Waals surface area contributed by atoms with Gasteiger partial charge in [-0.2, -0.15) is 0 Å². The van der Waals surface area contributed by atoms with Crippen molar-refractivity contribution in [3.8, 4) is 0 Å². The Balaban J connectivity index is 1.56. The van der Waals surface area contributed by atoms with Crippen LogP contribution in [0.2, 0.25) is 0 Å². The number of nitrogens with zero attached hydrogens (tertiary/aromatic N) is 1. The summed E-state index contributed by atoms with van der Waals surface area (Å²) in [6.07, 6.45) is 0.688. The lowest BCUT2D eigenvalue weighted by Gasteiger charge is -2.46. The van der Waals surface area contributed by atoms with Gasteiger partial charge in [-0.15, -0.1) is 0 Å². The highest BCUT2D eigenvalue weighted by Gasteiger charge is 2.57. The smallest absolute Gasteiger partial charge is 0.356 e. The zero-order valence-corrected chi connectivity index (χ0v) is 21.8. The first kappa shape index (κ1) is 26.1. The van der Waals surface area contributed by atoms with Gasteiger partial charge in [-0.3, -0.25) is 14.5 Å². The highest BCUT2D eigenvalue weighted by molar-refractivity contribution is 7.92. The summed E-state index contributed by atoms with van der Waals surface area (Å²) in [4.78, 5) is 39.6. The van der Waals surface area contributed by atoms with E-state index >= 15 is 0 Å². The van der Waals surface area contributed by atoms with Crippen LogP contribution in [0.1, 0.15) is 29.7 Å². The maximum atomic E-state index is 13.8. The second-order valence-electron chi connectivity index (χ2n) is 9.18. The van der Waals surface area contributed by atoms with E-state index in [0.29, 0.717) is 16.7 Å². The van der Waals surface area contributed by atoms with Crippen LogP contribution < -0.4 is 0 Å². The summed E-state index contributed by atoms with van der Waals surface area (Å²) < 4.78 is 37.7. The summed E-state index contributed by atoms with van der Waals surface area (Å²) in [6, 6.07) is 27.0. The molecule has 1 fully saturated rings. The van der Waals surface area contributed by atoms with Crippen molar-refractivity contribution in [2.24, 2.45) is 0 Å². The molecular formula is C30H25NO7S. The van der Waals surface area contributed by atoms with Crippen molar-refractivity contribution in [3.05, 3.63) is 125 Å². The number of carbonyl (C=O) groups is 3. The highest BCUT2D eigenvalue weighted by atomic mass is 32.2. The molecule has 3 aromatic carbocycles. The van der Waals surface area contributed by atoms with E-state index in [4.69, 9.17) is 9.47 Å². The minimum Gasteiger partial charge on any atom is -0.461 e. The predicted molar refractivity (Wildman–Crippen MR) is 143 cm³/mol. The molecule has 0 spiro atoms. The van der Waals surface area contributed by atoms with Crippen molar-refractivity contribution < 1.29 is 32.3 Å². The number of benzene rings is 3. The Morgan fingerprint density at radius 2 is 1.46 bits per heavy atom. The van der Waals surface area contributed by atoms with Gasteiger partial charge in [0.2, 0.25) is 0 Å². The summed E-state index contributed by atoms with van der Waals surface area (Å²) in [5.41, 5.74) is 1.86. The lowest BCUT2D eigenvalue weighted by atomic mass is 9.99. The van der Waals surface area contributed by atoms with Crippen LogP contribution >= 0.6 is 0 Å². The van der Waals surface area contributed by atoms with Crippen molar-refractivity contribution in [3.63, 3.8) is 0 Å². The first-order chi connectivity index (χ1) is 18.8. The Bertz CT molecular complexity index is 1540. The van der Waals surface area contributed by atoms with E-state index < -0.39 is 51.5 Å². The molecule has 2 aliphatic rings. The van der Waals surface area contributed by atoms with E-state index in [9.17, 15) is 22.8 Å². The Morgan fingerprint density at radius 3 is 2.00 bits per heavy atom. The number of fused-ring (bicyclic) bond motifs is 1. The summed E-state index contributed by atoms with van der Waals surface area (Å²) in [6.45, 7) is 0.712. The molecule has 0 bridgehead atoms. The van der Waals surface area contributed by atoms with Crippen LogP contribution in [-0.2, 0) is 33.7 Å². The zero-order chi connectivity index (χ0) is 27.6. The molecule has 198 valence electrons. The second-order valence-corrected chi connectivity index (χ2v) is 11.2. The first-order valence-electron chi connectivity index (χ1n) is 12.2. The number of amides is 1. The molecule has 0 aromatic heterocycles. The molecule has 2 aliphatic heterocycles. The Morgan fingerprint density at radius 1 is 0.923 bits per heavy atom. The van der Waals surface area contributed by atoms with Gasteiger partial charge in [-0.05, 0) is 22.8 Å². The van der Waals surface area contributed by atoms with Gasteiger partial charge in [-0.1, -0.05) is 91.0 Å². The number of carbonyl (C=O) groups excluding carboxylic acids is 3. The third-order valence-electron chi connectivity index (χ3n) is 6.45. The van der Waals surface area contributed by atoms with E-state index in [1.54, 1.807) is 24.3 Å². The van der Waals surface area contributed by atoms with Gasteiger partial charge in [0.15, 0.2) is 21.3 Å². The van der Waals surface area contributed by atoms with Gasteiger partial charge in [0.1, 0.15) is 12.3 Å². The topological polar surface area (TPSA) is 107 Å². The monoisotopic (exact) mass is 543 g/mol. The molecule has 0 unspecified atom stereocenters. The van der Waals surface area contributed by atoms with Crippen molar-refractivity contribution in [2.45, 2.75) is 18.4 Å². The molecular weight excluding hydrogens is 518 g/mol. The van der Waals surface area contributed by atoms with Crippen LogP contribution in [0.25, 0.3) is 6.08 Å². The van der Waals surface area contributed by atoms with Crippen LogP contribution in [0.3, 0.4) is 0 Å². The van der Waals surface area contributed by atoms with Crippen molar-refractivity contribution in [1.82, 2.24) is 4.90 Å². The van der Waals surface area contributed by atoms with Crippen LogP contribution in [0, 0.1) is 0 Å². The molecule has 8 nitrogen and oxygen atoms in total. The fourth-order valence-corrected chi connectivity index (χ4v) is 6.65. The molecule has 1 saturated heterocycles. The number of sulfone groups is 1. The molecule has 1 amide bonds. The highest BCUT2D eigenvalue weighted by Crippen LogP contribution is 2.42. The number of esters is 2. The molecule has 3 aromatic rings. The number of β-lactam (4-membered cyclic amide) rings is 1. The van der Waals surface area contributed by atoms with Crippen LogP contribution in [-0.4, -0.2) is 48.9 Å². The van der Waals surface area contributed by atoms with Crippen molar-refractivity contribution in [1.29, 1.82) is 0 Å². The number of ether oxygens (including phenoxy) is 2. The molecule has 0 saturated carbocycles. The first-order valence-corrected chi connectivity index (χ1v) is 14.0. The van der Waals surface area contributed by atoms with E-state index in [2.05, 4.69) is 0 Å². The van der Waals surface area contributed by atoms with Crippen LogP contribution in [0.5, 0.6) is 0 Å². The van der Waals surface area contributed by atoms with Gasteiger partial charge in [0, 0.05) is 12.5 Å². The Labute approximate surface area is 226 Å². The minimum atomic E-state index is -3.94. The van der Waals surface area contributed by atoms with Gasteiger partial charge >= 0.3 is 11.9 Å². The number of hydrogen-bond acceptors (Lipinski definition) is 7. The van der Waals surface area contributed by atoms with E-state index in [1.165, 1.54) is 13.0 Å². The standard InChI is InChI=1S/C30H25NO7S/c1-20(32)37-18-24-19-39(35,36)29-25(17-21-11-5-2-6-12-21)28(33)31(29)26(24)30(34)38-27(22-13-7-3-8-14-22)23-15-9-4-10-16-23/h2-17,27,29H,18-19H2,1H3/b25-17+/t29-/m1/s1. The van der Waals surface area contributed by atoms with Crippen molar-refractivity contribution >= 4 is 33.8 Å². The maximum absolute atomic E-state index is 13.8. The lowest BCUT2D eigenvalue weighted by Crippen LogP contribution is -2.62. The molecule has 0 radical (unpaired) electrons. The summed E-state index contributed by atoms with van der Waals surface area (Å²) in [5, 5.41) is -1.35. The van der Waals surface area contributed by atoms with Gasteiger partial charge in [0.25, 0.3) is 5.91 Å². The number of hydrogen-bond donors (Lipinski definition) is 0. The maximum Gasteiger partial charge on any atom is 0.356 e. The van der Waals surface area contributed by atoms with Gasteiger partial charge in [-0.25, -0.2) is 13.2 Å². The Hall–Kier alpha value is -4.50. The minimum absolute atomic E-state index is 0.0153. The van der Waals surface area contributed by atoms with E-state index in [-0.39, 0.29) is 16.8 Å². The average Bonchev–Trinajstić information content (AvgIpc) is 2.94. The van der Waals surface area contributed by atoms with Crippen molar-refractivity contribution in [2.75, 3.05) is 12.4 Å². The fourth-order valence-electron chi connectivity index (χ4n) is 4.71. The molecule has 5 rings (SSSR count). The second kappa shape index (κ2) is 10.7. The summed E-state index contributed by atoms with van der Waals surface area (Å²) in [5.74, 6) is -2.73. The van der Waals surface area contributed by atoms with E-state index in [0.717, 1.165) is 4.90 Å². The summed E-state index contributed by atoms with van der Waals surface area (Å²) in [7, 11) is -3.94. The lowest BCUT2D eigenvalue weighted by molar-refractivity contribution is -0.149. The van der Waals surface area contributed by atoms with Gasteiger partial charge in [0.05, 0.1) is 11.3 Å². The quantitative estimate of drug-likeness (QED) is 0.253. The fraction of sp³-hybridized carbons (Fsp3) is 0.167. The normalized spacial score (nSPS) is 18.9. The third-order valence-corrected chi connectivity index (χ3v) is 8.35. The van der Waals surface area contributed by atoms with E-state index in [1.807, 2.05) is 66.7 Å². The molecule has 39 heavy (non-hydrogen) atoms. The predicted octanol–water partition coefficient (Wildman–Crippen LogP) is 3.82. The van der Waals surface area contributed by atoms with Gasteiger partial charge < -0.3 is 9.47 Å². The zero-order valence-electron chi connectivity index (χ0n) is 21.0.